The van der Waals surface area contributed by atoms with Crippen LogP contribution in [0.15, 0.2) is 17.0 Å². The van der Waals surface area contributed by atoms with Crippen molar-refractivity contribution in [1.82, 2.24) is 24.7 Å². The van der Waals surface area contributed by atoms with Crippen molar-refractivity contribution in [3.8, 4) is 10.7 Å². The van der Waals surface area contributed by atoms with Gasteiger partial charge in [0.2, 0.25) is 10.0 Å². The molecule has 3 heterocycles. The zero-order valence-electron chi connectivity index (χ0n) is 21.9. The number of aromatic nitrogens is 4. The standard InChI is InChI=1S/C24H26F5N7O3S2/c1-22(2,37)13-4-8-35(9-5-13)16-11-14(41(38,39)34-23(30-3)6-7-23)10-15-17(20-31-32-21(40-20)19(25)26)33-36(18(15)16)12-24(27,28)29/h10-11,13,19,34,37H,4-9,12H2,1-2H3. The Morgan fingerprint density at radius 3 is 2.39 bits per heavy atom. The van der Waals surface area contributed by atoms with Crippen molar-refractivity contribution in [2.75, 3.05) is 18.0 Å². The van der Waals surface area contributed by atoms with Gasteiger partial charge in [-0.1, -0.05) is 11.3 Å². The lowest BCUT2D eigenvalue weighted by molar-refractivity contribution is -0.141. The molecule has 2 aromatic heterocycles. The fourth-order valence-electron chi connectivity index (χ4n) is 5.02. The van der Waals surface area contributed by atoms with E-state index in [0.717, 1.165) is 6.07 Å². The number of nitrogens with one attached hydrogen (secondary N) is 1. The van der Waals surface area contributed by atoms with Gasteiger partial charge >= 0.3 is 6.18 Å². The molecule has 3 aromatic rings. The average molecular weight is 620 g/mol. The van der Waals surface area contributed by atoms with Crippen LogP contribution in [0.5, 0.6) is 0 Å². The first-order chi connectivity index (χ1) is 19.0. The van der Waals surface area contributed by atoms with Gasteiger partial charge in [0, 0.05) is 18.5 Å². The number of hydrogen-bond donors (Lipinski definition) is 2. The first-order valence-corrected chi connectivity index (χ1v) is 14.9. The zero-order chi connectivity index (χ0) is 30.0. The monoisotopic (exact) mass is 619 g/mol. The minimum Gasteiger partial charge on any atom is -0.390 e. The molecule has 0 spiro atoms. The lowest BCUT2D eigenvalue weighted by Gasteiger charge is -2.39. The summed E-state index contributed by atoms with van der Waals surface area (Å²) in [6.07, 6.45) is -6.10. The molecule has 0 unspecified atom stereocenters. The van der Waals surface area contributed by atoms with Crippen LogP contribution in [0.25, 0.3) is 26.4 Å². The highest BCUT2D eigenvalue weighted by Gasteiger charge is 2.54. The summed E-state index contributed by atoms with van der Waals surface area (Å²) in [5.41, 5.74) is -2.39. The SMILES string of the molecule is [C-]#[N+]C1(NS(=O)(=O)c2cc(N3CCC(C(C)(C)O)CC3)c3c(c2)c(-c2nnc(C(F)F)s2)nn3CC(F)(F)F)CC1. The fraction of sp³-hybridized carbons (Fsp3) is 0.583. The number of nitrogens with zero attached hydrogens (tertiary/aromatic N) is 6. The van der Waals surface area contributed by atoms with Gasteiger partial charge in [-0.3, -0.25) is 9.53 Å². The summed E-state index contributed by atoms with van der Waals surface area (Å²) in [4.78, 5) is 4.79. The number of halogens is 5. The smallest absolute Gasteiger partial charge is 0.390 e. The van der Waals surface area contributed by atoms with E-state index in [1.807, 2.05) is 0 Å². The molecule has 2 fully saturated rings. The van der Waals surface area contributed by atoms with Crippen molar-refractivity contribution in [3.05, 3.63) is 28.6 Å². The Morgan fingerprint density at radius 2 is 1.88 bits per heavy atom. The summed E-state index contributed by atoms with van der Waals surface area (Å²) in [5.74, 6) is -0.0963. The largest absolute Gasteiger partial charge is 0.408 e. The van der Waals surface area contributed by atoms with Gasteiger partial charge in [0.1, 0.15) is 12.2 Å². The predicted octanol–water partition coefficient (Wildman–Crippen LogP) is 4.73. The molecule has 0 bridgehead atoms. The van der Waals surface area contributed by atoms with Crippen LogP contribution in [0.1, 0.15) is 51.0 Å². The van der Waals surface area contributed by atoms with Crippen molar-refractivity contribution >= 4 is 38.0 Å². The van der Waals surface area contributed by atoms with E-state index in [0.29, 0.717) is 54.8 Å². The second-order valence-electron chi connectivity index (χ2n) is 10.9. The molecule has 0 radical (unpaired) electrons. The van der Waals surface area contributed by atoms with Gasteiger partial charge in [-0.05, 0) is 44.7 Å². The van der Waals surface area contributed by atoms with E-state index in [9.17, 15) is 35.5 Å². The van der Waals surface area contributed by atoms with Crippen LogP contribution in [0.4, 0.5) is 27.6 Å². The molecule has 1 saturated heterocycles. The van der Waals surface area contributed by atoms with Crippen molar-refractivity contribution in [3.63, 3.8) is 0 Å². The number of piperidine rings is 1. The normalized spacial score (nSPS) is 18.3. The van der Waals surface area contributed by atoms with E-state index in [1.165, 1.54) is 6.07 Å². The van der Waals surface area contributed by atoms with E-state index >= 15 is 0 Å². The van der Waals surface area contributed by atoms with E-state index in [1.54, 1.807) is 18.7 Å². The van der Waals surface area contributed by atoms with Gasteiger partial charge in [0.15, 0.2) is 10.0 Å². The van der Waals surface area contributed by atoms with E-state index in [4.69, 9.17) is 6.57 Å². The van der Waals surface area contributed by atoms with Crippen LogP contribution in [0, 0.1) is 12.5 Å². The molecule has 1 aliphatic heterocycles. The molecule has 2 N–H and O–H groups in total. The lowest BCUT2D eigenvalue weighted by atomic mass is 9.83. The highest BCUT2D eigenvalue weighted by molar-refractivity contribution is 7.89. The maximum atomic E-state index is 13.7. The summed E-state index contributed by atoms with van der Waals surface area (Å²) in [6, 6.07) is 2.38. The van der Waals surface area contributed by atoms with Gasteiger partial charge in [0.05, 0.1) is 34.5 Å². The van der Waals surface area contributed by atoms with Crippen molar-refractivity contribution in [2.45, 2.75) is 74.8 Å². The second-order valence-corrected chi connectivity index (χ2v) is 13.6. The number of sulfonamides is 1. The molecule has 1 saturated carbocycles. The molecular formula is C24H26F5N7O3S2. The van der Waals surface area contributed by atoms with Crippen LogP contribution in [-0.4, -0.2) is 64.0 Å². The average Bonchev–Trinajstić information content (AvgIpc) is 3.29. The van der Waals surface area contributed by atoms with Crippen LogP contribution in [0.2, 0.25) is 0 Å². The highest BCUT2D eigenvalue weighted by Crippen LogP contribution is 2.43. The number of alkyl halides is 5. The third-order valence-electron chi connectivity index (χ3n) is 7.36. The second kappa shape index (κ2) is 10.1. The number of hydrogen-bond acceptors (Lipinski definition) is 8. The Hall–Kier alpha value is -2.94. The van der Waals surface area contributed by atoms with Gasteiger partial charge in [-0.25, -0.2) is 23.8 Å². The minimum atomic E-state index is -4.71. The Bertz CT molecular complexity index is 1610. The van der Waals surface area contributed by atoms with E-state index < -0.39 is 45.4 Å². The van der Waals surface area contributed by atoms with E-state index in [-0.39, 0.29) is 38.1 Å². The molecular weight excluding hydrogens is 593 g/mol. The Balaban J connectivity index is 1.71. The maximum absolute atomic E-state index is 13.7. The third kappa shape index (κ3) is 6.01. The fourth-order valence-corrected chi connectivity index (χ4v) is 7.12. The molecule has 1 aliphatic carbocycles. The summed E-state index contributed by atoms with van der Waals surface area (Å²) in [6.45, 7) is 9.78. The predicted molar refractivity (Wildman–Crippen MR) is 140 cm³/mol. The summed E-state index contributed by atoms with van der Waals surface area (Å²) < 4.78 is 97.6. The number of anilines is 1. The van der Waals surface area contributed by atoms with Crippen LogP contribution in [-0.2, 0) is 16.6 Å². The summed E-state index contributed by atoms with van der Waals surface area (Å²) in [7, 11) is -4.33. The quantitative estimate of drug-likeness (QED) is 0.277. The Kier molecular flexibility index (Phi) is 7.28. The van der Waals surface area contributed by atoms with Crippen molar-refractivity contribution in [2.24, 2.45) is 5.92 Å². The van der Waals surface area contributed by atoms with Gasteiger partial charge < -0.3 is 10.0 Å². The molecule has 0 amide bonds. The van der Waals surface area contributed by atoms with Crippen molar-refractivity contribution in [1.29, 1.82) is 0 Å². The topological polar surface area (TPSA) is 118 Å². The molecule has 10 nitrogen and oxygen atoms in total. The summed E-state index contributed by atoms with van der Waals surface area (Å²) >= 11 is 0.446. The minimum absolute atomic E-state index is 0.0404. The Morgan fingerprint density at radius 1 is 1.22 bits per heavy atom. The molecule has 222 valence electrons. The highest BCUT2D eigenvalue weighted by atomic mass is 32.2. The first-order valence-electron chi connectivity index (χ1n) is 12.6. The number of rotatable bonds is 8. The lowest BCUT2D eigenvalue weighted by Crippen LogP contribution is -2.42. The molecule has 1 aromatic carbocycles. The van der Waals surface area contributed by atoms with E-state index in [2.05, 4.69) is 24.9 Å². The van der Waals surface area contributed by atoms with Crippen LogP contribution in [0.3, 0.4) is 0 Å². The molecule has 2 aliphatic rings. The molecule has 41 heavy (non-hydrogen) atoms. The third-order valence-corrected chi connectivity index (χ3v) is 9.81. The van der Waals surface area contributed by atoms with Crippen LogP contribution < -0.4 is 9.62 Å². The molecule has 17 heteroatoms. The van der Waals surface area contributed by atoms with Gasteiger partial charge in [-0.15, -0.1) is 14.9 Å². The van der Waals surface area contributed by atoms with Gasteiger partial charge in [-0.2, -0.15) is 18.3 Å². The van der Waals surface area contributed by atoms with Crippen LogP contribution >= 0.6 is 11.3 Å². The number of aliphatic hydroxyl groups is 1. The zero-order valence-corrected chi connectivity index (χ0v) is 23.5. The Labute approximate surface area is 236 Å². The summed E-state index contributed by atoms with van der Waals surface area (Å²) in [5, 5.41) is 20.8. The van der Waals surface area contributed by atoms with Crippen molar-refractivity contribution < 1.29 is 35.5 Å². The number of fused-ring (bicyclic) bond motifs is 1. The molecule has 0 atom stereocenters. The number of benzene rings is 1. The van der Waals surface area contributed by atoms with Gasteiger partial charge in [0.25, 0.3) is 12.1 Å². The maximum Gasteiger partial charge on any atom is 0.408 e. The molecule has 5 rings (SSSR count). The first kappa shape index (κ1) is 29.5.